The van der Waals surface area contributed by atoms with Gasteiger partial charge in [0.15, 0.2) is 0 Å². The molecule has 164 valence electrons. The summed E-state index contributed by atoms with van der Waals surface area (Å²) >= 11 is 1.29. The van der Waals surface area contributed by atoms with Crippen molar-refractivity contribution in [3.05, 3.63) is 81.7 Å². The molecule has 0 saturated heterocycles. The zero-order valence-electron chi connectivity index (χ0n) is 17.6. The van der Waals surface area contributed by atoms with Gasteiger partial charge in [0.25, 0.3) is 11.8 Å². The van der Waals surface area contributed by atoms with Crippen LogP contribution in [-0.4, -0.2) is 29.2 Å². The minimum absolute atomic E-state index is 0.0233. The van der Waals surface area contributed by atoms with Gasteiger partial charge in [0.1, 0.15) is 17.4 Å². The van der Waals surface area contributed by atoms with Crippen LogP contribution in [-0.2, 0) is 24.4 Å². The van der Waals surface area contributed by atoms with E-state index in [1.807, 2.05) is 30.3 Å². The first kappa shape index (κ1) is 21.6. The van der Waals surface area contributed by atoms with Gasteiger partial charge in [-0.15, -0.1) is 11.3 Å². The smallest absolute Gasteiger partial charge is 0.256 e. The maximum absolute atomic E-state index is 12.8. The third kappa shape index (κ3) is 4.65. The van der Waals surface area contributed by atoms with Crippen molar-refractivity contribution in [2.75, 3.05) is 11.9 Å². The summed E-state index contributed by atoms with van der Waals surface area (Å²) in [5.74, 6) is -0.299. The number of thiophene rings is 1. The lowest BCUT2D eigenvalue weighted by Crippen LogP contribution is -2.34. The fraction of sp³-hybridized carbons (Fsp3) is 0.208. The third-order valence-electron chi connectivity index (χ3n) is 5.34. The van der Waals surface area contributed by atoms with Crippen LogP contribution >= 0.6 is 11.3 Å². The molecule has 8 heteroatoms. The Labute approximate surface area is 189 Å². The summed E-state index contributed by atoms with van der Waals surface area (Å²) < 4.78 is 5.76. The fourth-order valence-corrected chi connectivity index (χ4v) is 4.90. The number of carbonyl (C=O) groups excluding carboxylic acids is 3. The first-order valence-corrected chi connectivity index (χ1v) is 11.0. The molecule has 0 atom stereocenters. The summed E-state index contributed by atoms with van der Waals surface area (Å²) in [4.78, 5) is 39.2. The van der Waals surface area contributed by atoms with Gasteiger partial charge in [0.05, 0.1) is 12.1 Å². The highest BCUT2D eigenvalue weighted by molar-refractivity contribution is 7.17. The van der Waals surface area contributed by atoms with Crippen LogP contribution in [0.2, 0.25) is 0 Å². The lowest BCUT2D eigenvalue weighted by Gasteiger charge is -2.25. The van der Waals surface area contributed by atoms with Crippen molar-refractivity contribution < 1.29 is 19.1 Å². The number of carbonyl (C=O) groups is 3. The highest BCUT2D eigenvalue weighted by atomic mass is 32.1. The number of nitrogens with one attached hydrogen (secondary N) is 1. The van der Waals surface area contributed by atoms with Gasteiger partial charge >= 0.3 is 0 Å². The zero-order chi connectivity index (χ0) is 22.7. The monoisotopic (exact) mass is 449 g/mol. The van der Waals surface area contributed by atoms with Crippen molar-refractivity contribution in [3.63, 3.8) is 0 Å². The Bertz CT molecular complexity index is 1160. The molecular weight excluding hydrogens is 426 g/mol. The van der Waals surface area contributed by atoms with Crippen molar-refractivity contribution in [2.45, 2.75) is 26.5 Å². The summed E-state index contributed by atoms with van der Waals surface area (Å²) in [5, 5.41) is 3.24. The molecule has 3 amide bonds. The molecule has 3 N–H and O–H groups in total. The number of fused-ring (bicyclic) bond motifs is 1. The minimum Gasteiger partial charge on any atom is -0.489 e. The molecular formula is C24H23N3O4S. The largest absolute Gasteiger partial charge is 0.489 e. The molecule has 32 heavy (non-hydrogen) atoms. The van der Waals surface area contributed by atoms with Gasteiger partial charge < -0.3 is 20.7 Å². The van der Waals surface area contributed by atoms with E-state index in [9.17, 15) is 14.4 Å². The Balaban J connectivity index is 1.47. The summed E-state index contributed by atoms with van der Waals surface area (Å²) in [6.45, 7) is 2.89. The molecule has 0 saturated carbocycles. The van der Waals surface area contributed by atoms with Crippen molar-refractivity contribution in [1.82, 2.24) is 4.90 Å². The number of ether oxygens (including phenoxy) is 1. The number of hydrogen-bond acceptors (Lipinski definition) is 5. The maximum atomic E-state index is 12.8. The number of rotatable bonds is 6. The van der Waals surface area contributed by atoms with Gasteiger partial charge in [-0.05, 0) is 41.8 Å². The number of hydrogen-bond donors (Lipinski definition) is 2. The van der Waals surface area contributed by atoms with Crippen LogP contribution in [0.1, 0.15) is 43.6 Å². The molecule has 0 radical (unpaired) electrons. The van der Waals surface area contributed by atoms with Gasteiger partial charge in [0.2, 0.25) is 5.91 Å². The van der Waals surface area contributed by atoms with Crippen LogP contribution in [0.4, 0.5) is 5.00 Å². The van der Waals surface area contributed by atoms with Crippen LogP contribution in [0.5, 0.6) is 5.75 Å². The standard InChI is InChI=1S/C24H23N3O4S/c1-15(28)27-12-11-19-20(13-27)32-24(21(19)22(25)29)26-23(30)17-7-9-18(10-8-17)31-14-16-5-3-2-4-6-16/h2-10H,11-14H2,1H3,(H2,25,29)(H,26,30). The highest BCUT2D eigenvalue weighted by Crippen LogP contribution is 2.37. The summed E-state index contributed by atoms with van der Waals surface area (Å²) in [7, 11) is 0. The topological polar surface area (TPSA) is 102 Å². The second-order valence-corrected chi connectivity index (χ2v) is 8.62. The quantitative estimate of drug-likeness (QED) is 0.600. The Hall–Kier alpha value is -3.65. The van der Waals surface area contributed by atoms with Gasteiger partial charge in [-0.25, -0.2) is 0 Å². The molecule has 1 aromatic heterocycles. The van der Waals surface area contributed by atoms with E-state index in [2.05, 4.69) is 5.32 Å². The van der Waals surface area contributed by atoms with Crippen molar-refractivity contribution >= 4 is 34.1 Å². The van der Waals surface area contributed by atoms with Gasteiger partial charge in [-0.2, -0.15) is 0 Å². The summed E-state index contributed by atoms with van der Waals surface area (Å²) in [5.41, 5.74) is 8.26. The molecule has 0 bridgehead atoms. The molecule has 3 aromatic rings. The number of primary amides is 1. The molecule has 0 aliphatic carbocycles. The van der Waals surface area contributed by atoms with Gasteiger partial charge in [0, 0.05) is 23.9 Å². The maximum Gasteiger partial charge on any atom is 0.256 e. The van der Waals surface area contributed by atoms with Crippen LogP contribution in [0.3, 0.4) is 0 Å². The van der Waals surface area contributed by atoms with Crippen molar-refractivity contribution in [2.24, 2.45) is 5.73 Å². The van der Waals surface area contributed by atoms with E-state index in [4.69, 9.17) is 10.5 Å². The molecule has 0 spiro atoms. The van der Waals surface area contributed by atoms with E-state index in [1.54, 1.807) is 29.2 Å². The summed E-state index contributed by atoms with van der Waals surface area (Å²) in [6, 6.07) is 16.6. The average Bonchev–Trinajstić information content (AvgIpc) is 3.15. The van der Waals surface area contributed by atoms with E-state index in [0.717, 1.165) is 16.0 Å². The number of nitrogens with zero attached hydrogens (tertiary/aromatic N) is 1. The van der Waals surface area contributed by atoms with Gasteiger partial charge in [-0.1, -0.05) is 30.3 Å². The lowest BCUT2D eigenvalue weighted by molar-refractivity contribution is -0.129. The first-order chi connectivity index (χ1) is 15.4. The SMILES string of the molecule is CC(=O)N1CCc2c(sc(NC(=O)c3ccc(OCc4ccccc4)cc3)c2C(N)=O)C1. The second kappa shape index (κ2) is 9.23. The predicted octanol–water partition coefficient (Wildman–Crippen LogP) is 3.58. The molecule has 0 unspecified atom stereocenters. The molecule has 2 heterocycles. The van der Waals surface area contributed by atoms with Gasteiger partial charge in [-0.3, -0.25) is 14.4 Å². The number of anilines is 1. The Morgan fingerprint density at radius 1 is 1.09 bits per heavy atom. The number of nitrogens with two attached hydrogens (primary N) is 1. The minimum atomic E-state index is -0.585. The highest BCUT2D eigenvalue weighted by Gasteiger charge is 2.28. The fourth-order valence-electron chi connectivity index (χ4n) is 3.64. The number of amides is 3. The Morgan fingerprint density at radius 2 is 1.81 bits per heavy atom. The lowest BCUT2D eigenvalue weighted by atomic mass is 10.0. The first-order valence-electron chi connectivity index (χ1n) is 10.2. The average molecular weight is 450 g/mol. The molecule has 7 nitrogen and oxygen atoms in total. The molecule has 2 aromatic carbocycles. The summed E-state index contributed by atoms with van der Waals surface area (Å²) in [6.07, 6.45) is 0.535. The van der Waals surface area contributed by atoms with E-state index < -0.39 is 5.91 Å². The van der Waals surface area contributed by atoms with Crippen molar-refractivity contribution in [3.8, 4) is 5.75 Å². The molecule has 4 rings (SSSR count). The van der Waals surface area contributed by atoms with Crippen LogP contribution < -0.4 is 15.8 Å². The van der Waals surface area contributed by atoms with Crippen LogP contribution in [0.25, 0.3) is 0 Å². The zero-order valence-corrected chi connectivity index (χ0v) is 18.4. The molecule has 1 aliphatic heterocycles. The second-order valence-electron chi connectivity index (χ2n) is 7.52. The van der Waals surface area contributed by atoms with Crippen molar-refractivity contribution in [1.29, 1.82) is 0 Å². The Morgan fingerprint density at radius 3 is 2.47 bits per heavy atom. The number of benzene rings is 2. The third-order valence-corrected chi connectivity index (χ3v) is 6.47. The molecule has 0 fully saturated rings. The van der Waals surface area contributed by atoms with Crippen LogP contribution in [0, 0.1) is 0 Å². The van der Waals surface area contributed by atoms with E-state index in [0.29, 0.717) is 48.0 Å². The molecule has 1 aliphatic rings. The predicted molar refractivity (Wildman–Crippen MR) is 123 cm³/mol. The van der Waals surface area contributed by atoms with E-state index in [-0.39, 0.29) is 11.8 Å². The Kier molecular flexibility index (Phi) is 6.23. The van der Waals surface area contributed by atoms with Crippen LogP contribution in [0.15, 0.2) is 54.6 Å². The van der Waals surface area contributed by atoms with E-state index >= 15 is 0 Å². The normalized spacial score (nSPS) is 12.7. The van der Waals surface area contributed by atoms with E-state index in [1.165, 1.54) is 18.3 Å².